The molecule has 1 N–H and O–H groups in total. The van der Waals surface area contributed by atoms with Crippen molar-refractivity contribution in [3.05, 3.63) is 0 Å². The van der Waals surface area contributed by atoms with Crippen LogP contribution in [0.3, 0.4) is 0 Å². The van der Waals surface area contributed by atoms with E-state index in [4.69, 9.17) is 5.11 Å². The third-order valence-corrected chi connectivity index (χ3v) is 1.73. The maximum Gasteiger partial charge on any atom is 2.00 e. The van der Waals surface area contributed by atoms with Crippen molar-refractivity contribution in [3.63, 3.8) is 0 Å². The molecule has 0 rings (SSSR count). The molecule has 0 spiro atoms. The summed E-state index contributed by atoms with van der Waals surface area (Å²) in [5.74, 6) is -0.694. The summed E-state index contributed by atoms with van der Waals surface area (Å²) in [5.41, 5.74) is -0.532. The van der Waals surface area contributed by atoms with Gasteiger partial charge in [0.15, 0.2) is 0 Å². The summed E-state index contributed by atoms with van der Waals surface area (Å²) in [7, 11) is 0. The number of carboxylic acids is 1. The Kier molecular flexibility index (Phi) is 8.13. The summed E-state index contributed by atoms with van der Waals surface area (Å²) in [6.07, 6.45) is 2.84. The molecule has 3 heteroatoms. The summed E-state index contributed by atoms with van der Waals surface area (Å²) < 4.78 is 0. The van der Waals surface area contributed by atoms with Gasteiger partial charge < -0.3 is 7.96 Å². The number of aliphatic carboxylic acids is 1. The molecule has 0 fully saturated rings. The molecule has 0 aliphatic rings. The number of carboxylic acid groups (broad SMARTS) is 1. The maximum atomic E-state index is 10.5. The number of rotatable bonds is 4. The summed E-state index contributed by atoms with van der Waals surface area (Å²) in [6, 6.07) is 0. The average Bonchev–Trinajstić information content (AvgIpc) is 1.84. The van der Waals surface area contributed by atoms with E-state index >= 15 is 0 Å². The fourth-order valence-electron chi connectivity index (χ4n) is 0.726. The smallest absolute Gasteiger partial charge is 1.00 e. The van der Waals surface area contributed by atoms with Gasteiger partial charge in [0.2, 0.25) is 0 Å². The Balaban J connectivity index is -0.000000135. The Morgan fingerprint density at radius 3 is 2.27 bits per heavy atom. The minimum Gasteiger partial charge on any atom is -1.00 e. The van der Waals surface area contributed by atoms with Gasteiger partial charge in [-0.05, 0) is 20.3 Å². The predicted molar refractivity (Wildman–Crippen MR) is 48.9 cm³/mol. The number of hydrogen-bond acceptors (Lipinski definition) is 1. The fraction of sp³-hybridized carbons (Fsp3) is 0.875. The van der Waals surface area contributed by atoms with Crippen LogP contribution in [0.25, 0.3) is 0 Å². The van der Waals surface area contributed by atoms with Gasteiger partial charge in [0, 0.05) is 0 Å². The first-order valence-corrected chi connectivity index (χ1v) is 3.74. The van der Waals surface area contributed by atoms with Crippen LogP contribution in [0.4, 0.5) is 0 Å². The van der Waals surface area contributed by atoms with Crippen molar-refractivity contribution in [1.82, 2.24) is 0 Å². The topological polar surface area (TPSA) is 37.3 Å². The van der Waals surface area contributed by atoms with Gasteiger partial charge in [0.1, 0.15) is 0 Å². The third-order valence-electron chi connectivity index (χ3n) is 1.73. The van der Waals surface area contributed by atoms with E-state index < -0.39 is 11.4 Å². The van der Waals surface area contributed by atoms with Gasteiger partial charge in [-0.3, -0.25) is 4.79 Å². The largest absolute Gasteiger partial charge is 2.00 e. The van der Waals surface area contributed by atoms with Crippen LogP contribution in [0, 0.1) is 5.41 Å². The molecule has 0 aliphatic carbocycles. The van der Waals surface area contributed by atoms with Crippen LogP contribution < -0.4 is 0 Å². The van der Waals surface area contributed by atoms with E-state index in [1.54, 1.807) is 13.8 Å². The molecule has 0 aliphatic heterocycles. The first kappa shape index (κ1) is 14.3. The van der Waals surface area contributed by atoms with Crippen LogP contribution in [0.5, 0.6) is 0 Å². The molecule has 0 saturated carbocycles. The quantitative estimate of drug-likeness (QED) is 0.683. The van der Waals surface area contributed by atoms with Gasteiger partial charge >= 0.3 is 43.7 Å². The Labute approximate surface area is 101 Å². The second kappa shape index (κ2) is 6.27. The molecule has 0 bridgehead atoms. The summed E-state index contributed by atoms with van der Waals surface area (Å²) in [6.45, 7) is 5.61. The minimum atomic E-state index is -0.694. The second-order valence-electron chi connectivity index (χ2n) is 3.29. The van der Waals surface area contributed by atoms with Crippen molar-refractivity contribution < 1.29 is 12.8 Å². The first-order chi connectivity index (χ1) is 4.50. The van der Waals surface area contributed by atoms with Crippen molar-refractivity contribution in [1.29, 1.82) is 0 Å². The molecule has 0 heterocycles. The average molecular weight is 186 g/mol. The van der Waals surface area contributed by atoms with E-state index in [9.17, 15) is 4.79 Å². The zero-order valence-corrected chi connectivity index (χ0v) is 9.89. The summed E-state index contributed by atoms with van der Waals surface area (Å²) in [5, 5.41) is 8.67. The second-order valence-corrected chi connectivity index (χ2v) is 3.29. The van der Waals surface area contributed by atoms with Crippen molar-refractivity contribution in [3.8, 4) is 0 Å². The molecule has 0 unspecified atom stereocenters. The molecule has 0 aromatic carbocycles. The third kappa shape index (κ3) is 5.94. The zero-order chi connectivity index (χ0) is 8.20. The molecule has 2 nitrogen and oxygen atoms in total. The number of carbonyl (C=O) groups is 1. The molecule has 0 aromatic rings. The Morgan fingerprint density at radius 1 is 1.55 bits per heavy atom. The molecule has 0 amide bonds. The normalized spacial score (nSPS) is 10.5. The van der Waals surface area contributed by atoms with E-state index in [1.807, 2.05) is 0 Å². The number of hydrogen-bond donors (Lipinski definition) is 1. The van der Waals surface area contributed by atoms with Crippen LogP contribution in [0.15, 0.2) is 0 Å². The Hall–Kier alpha value is 0.730. The monoisotopic (exact) mass is 186 g/mol. The van der Waals surface area contributed by atoms with Crippen molar-refractivity contribution >= 4 is 43.7 Å². The van der Waals surface area contributed by atoms with Crippen molar-refractivity contribution in [2.45, 2.75) is 40.0 Å². The Bertz CT molecular complexity index is 129. The predicted octanol–water partition coefficient (Wildman–Crippen LogP) is 2.13. The van der Waals surface area contributed by atoms with Gasteiger partial charge in [-0.1, -0.05) is 19.8 Å². The summed E-state index contributed by atoms with van der Waals surface area (Å²) in [4.78, 5) is 10.5. The first-order valence-electron chi connectivity index (χ1n) is 3.74. The SMILES string of the molecule is CCCCC(C)(C)C(=O)O.[Ca+2].[H-].[H-]. The minimum absolute atomic E-state index is 0. The van der Waals surface area contributed by atoms with Gasteiger partial charge in [-0.15, -0.1) is 0 Å². The summed E-state index contributed by atoms with van der Waals surface area (Å²) >= 11 is 0. The van der Waals surface area contributed by atoms with E-state index in [0.29, 0.717) is 0 Å². The van der Waals surface area contributed by atoms with Crippen LogP contribution in [0.2, 0.25) is 0 Å². The van der Waals surface area contributed by atoms with Crippen LogP contribution >= 0.6 is 0 Å². The molecule has 0 radical (unpaired) electrons. The molecule has 0 saturated heterocycles. The van der Waals surface area contributed by atoms with Crippen LogP contribution in [0.1, 0.15) is 42.9 Å². The maximum absolute atomic E-state index is 10.5. The van der Waals surface area contributed by atoms with E-state index in [1.165, 1.54) is 0 Å². The van der Waals surface area contributed by atoms with Crippen LogP contribution in [-0.2, 0) is 4.79 Å². The van der Waals surface area contributed by atoms with Gasteiger partial charge in [0.05, 0.1) is 5.41 Å². The van der Waals surface area contributed by atoms with E-state index in [0.717, 1.165) is 19.3 Å². The molecule has 64 valence electrons. The molecular formula is C8H18CaO2. The number of unbranched alkanes of at least 4 members (excludes halogenated alkanes) is 1. The van der Waals surface area contributed by atoms with Gasteiger partial charge in [-0.2, -0.15) is 0 Å². The molecule has 11 heavy (non-hydrogen) atoms. The molecule has 0 atom stereocenters. The molecular weight excluding hydrogens is 168 g/mol. The van der Waals surface area contributed by atoms with E-state index in [2.05, 4.69) is 6.92 Å². The standard InChI is InChI=1S/C8H16O2.Ca.2H/c1-4-5-6-8(2,3)7(9)10;;;/h4-6H2,1-3H3,(H,9,10);;;/q;+2;2*-1. The van der Waals surface area contributed by atoms with Gasteiger partial charge in [0.25, 0.3) is 0 Å². The van der Waals surface area contributed by atoms with Crippen LogP contribution in [-0.4, -0.2) is 48.8 Å². The van der Waals surface area contributed by atoms with Crippen molar-refractivity contribution in [2.75, 3.05) is 0 Å². The van der Waals surface area contributed by atoms with Crippen molar-refractivity contribution in [2.24, 2.45) is 5.41 Å². The molecule has 0 aromatic heterocycles. The van der Waals surface area contributed by atoms with E-state index in [-0.39, 0.29) is 40.6 Å². The fourth-order valence-corrected chi connectivity index (χ4v) is 0.726. The zero-order valence-electron chi connectivity index (χ0n) is 9.68. The van der Waals surface area contributed by atoms with Gasteiger partial charge in [-0.25, -0.2) is 0 Å². The Morgan fingerprint density at radius 2 is 2.00 bits per heavy atom.